The number of nitrogens with one attached hydrogen (secondary N) is 2. The lowest BCUT2D eigenvalue weighted by Crippen LogP contribution is -2.44. The number of aromatic nitrogens is 2. The quantitative estimate of drug-likeness (QED) is 0.245. The summed E-state index contributed by atoms with van der Waals surface area (Å²) in [7, 11) is 2.17. The van der Waals surface area contributed by atoms with Crippen molar-refractivity contribution in [1.82, 2.24) is 20.2 Å². The maximum atomic E-state index is 12.5. The van der Waals surface area contributed by atoms with E-state index in [2.05, 4.69) is 57.6 Å². The average Bonchev–Trinajstić information content (AvgIpc) is 2.97. The van der Waals surface area contributed by atoms with E-state index in [1.54, 1.807) is 0 Å². The van der Waals surface area contributed by atoms with Gasteiger partial charge >= 0.3 is 0 Å². The van der Waals surface area contributed by atoms with E-state index < -0.39 is 0 Å². The predicted octanol–water partition coefficient (Wildman–Crippen LogP) is 4.99. The van der Waals surface area contributed by atoms with Crippen molar-refractivity contribution in [3.63, 3.8) is 0 Å². The van der Waals surface area contributed by atoms with Crippen LogP contribution in [0.5, 0.6) is 0 Å². The summed E-state index contributed by atoms with van der Waals surface area (Å²) in [5.41, 5.74) is 6.91. The first kappa shape index (κ1) is 27.6. The smallest absolute Gasteiger partial charge is 0.251 e. The first-order chi connectivity index (χ1) is 19.5. The SMILES string of the molecule is Cc1cc(Nc2ncc3cccc(-c4ccc(C(=O)NCCCCCO)cc4)c3n2)ccc1N1CCN(C)CC1. The van der Waals surface area contributed by atoms with Gasteiger partial charge in [-0.1, -0.05) is 30.3 Å². The van der Waals surface area contributed by atoms with Crippen molar-refractivity contribution < 1.29 is 9.90 Å². The number of likely N-dealkylation sites (N-methyl/N-ethyl adjacent to an activating group) is 1. The number of hydrogen-bond acceptors (Lipinski definition) is 7. The topological polar surface area (TPSA) is 93.6 Å². The molecular formula is C32H38N6O2. The average molecular weight is 539 g/mol. The van der Waals surface area contributed by atoms with Crippen molar-refractivity contribution in [3.05, 3.63) is 78.0 Å². The monoisotopic (exact) mass is 538 g/mol. The molecule has 0 saturated carbocycles. The number of carbonyl (C=O) groups excluding carboxylic acids is 1. The summed E-state index contributed by atoms with van der Waals surface area (Å²) in [6.07, 6.45) is 4.37. The number of anilines is 3. The molecule has 0 aliphatic carbocycles. The first-order valence-corrected chi connectivity index (χ1v) is 14.1. The first-order valence-electron chi connectivity index (χ1n) is 14.1. The van der Waals surface area contributed by atoms with Crippen molar-refractivity contribution in [1.29, 1.82) is 0 Å². The molecule has 2 heterocycles. The van der Waals surface area contributed by atoms with E-state index in [4.69, 9.17) is 10.1 Å². The minimum Gasteiger partial charge on any atom is -0.396 e. The fraction of sp³-hybridized carbons (Fsp3) is 0.344. The highest BCUT2D eigenvalue weighted by Gasteiger charge is 2.16. The maximum Gasteiger partial charge on any atom is 0.251 e. The van der Waals surface area contributed by atoms with Crippen molar-refractivity contribution >= 4 is 34.1 Å². The van der Waals surface area contributed by atoms with Crippen LogP contribution < -0.4 is 15.5 Å². The maximum absolute atomic E-state index is 12.5. The minimum absolute atomic E-state index is 0.0868. The lowest BCUT2D eigenvalue weighted by atomic mass is 10.0. The number of carbonyl (C=O) groups is 1. The minimum atomic E-state index is -0.0868. The Kier molecular flexibility index (Phi) is 8.88. The third-order valence-corrected chi connectivity index (χ3v) is 7.49. The molecule has 8 heteroatoms. The second-order valence-electron chi connectivity index (χ2n) is 10.5. The van der Waals surface area contributed by atoms with E-state index >= 15 is 0 Å². The molecule has 1 saturated heterocycles. The highest BCUT2D eigenvalue weighted by atomic mass is 16.2. The van der Waals surface area contributed by atoms with Gasteiger partial charge in [0, 0.05) is 73.4 Å². The number of aliphatic hydroxyl groups excluding tert-OH is 1. The van der Waals surface area contributed by atoms with Gasteiger partial charge in [0.25, 0.3) is 5.91 Å². The van der Waals surface area contributed by atoms with Crippen LogP contribution in [0.15, 0.2) is 66.9 Å². The van der Waals surface area contributed by atoms with E-state index in [9.17, 15) is 4.79 Å². The number of aryl methyl sites for hydroxylation is 1. The molecule has 0 unspecified atom stereocenters. The number of fused-ring (bicyclic) bond motifs is 1. The van der Waals surface area contributed by atoms with Gasteiger partial charge in [-0.15, -0.1) is 0 Å². The number of rotatable bonds is 10. The molecule has 8 nitrogen and oxygen atoms in total. The lowest BCUT2D eigenvalue weighted by molar-refractivity contribution is 0.0953. The van der Waals surface area contributed by atoms with Crippen molar-refractivity contribution in [2.45, 2.75) is 26.2 Å². The van der Waals surface area contributed by atoms with Crippen LogP contribution in [0.25, 0.3) is 22.0 Å². The van der Waals surface area contributed by atoms with Crippen LogP contribution in [0.2, 0.25) is 0 Å². The molecule has 0 atom stereocenters. The van der Waals surface area contributed by atoms with Gasteiger partial charge < -0.3 is 25.5 Å². The predicted molar refractivity (Wildman–Crippen MR) is 162 cm³/mol. The zero-order valence-electron chi connectivity index (χ0n) is 23.4. The second kappa shape index (κ2) is 12.9. The second-order valence-corrected chi connectivity index (χ2v) is 10.5. The van der Waals surface area contributed by atoms with Crippen molar-refractivity contribution in [3.8, 4) is 11.1 Å². The molecule has 40 heavy (non-hydrogen) atoms. The molecule has 0 spiro atoms. The lowest BCUT2D eigenvalue weighted by Gasteiger charge is -2.35. The van der Waals surface area contributed by atoms with Gasteiger partial charge in [-0.2, -0.15) is 0 Å². The molecule has 4 aromatic rings. The number of hydrogen-bond donors (Lipinski definition) is 3. The van der Waals surface area contributed by atoms with Crippen LogP contribution in [0, 0.1) is 6.92 Å². The molecule has 1 fully saturated rings. The van der Waals surface area contributed by atoms with Crippen LogP contribution in [0.3, 0.4) is 0 Å². The Labute approximate surface area is 236 Å². The van der Waals surface area contributed by atoms with Gasteiger partial charge in [-0.05, 0) is 74.7 Å². The van der Waals surface area contributed by atoms with Crippen LogP contribution in [-0.4, -0.2) is 72.3 Å². The highest BCUT2D eigenvalue weighted by molar-refractivity contribution is 5.97. The standard InChI is InChI=1S/C32H38N6O2/c1-23-21-27(13-14-29(23)38-18-16-37(2)17-19-38)35-32-34-22-26-7-6-8-28(30(26)36-32)24-9-11-25(12-10-24)31(40)33-15-4-3-5-20-39/h6-14,21-22,39H,3-5,15-20H2,1-2H3,(H,33,40)(H,34,35,36). The number of unbranched alkanes of at least 4 members (excludes halogenated alkanes) is 2. The molecule has 1 aromatic heterocycles. The van der Waals surface area contributed by atoms with Crippen molar-refractivity contribution in [2.24, 2.45) is 0 Å². The third-order valence-electron chi connectivity index (χ3n) is 7.49. The summed E-state index contributed by atoms with van der Waals surface area (Å²) in [5.74, 6) is 0.458. The summed E-state index contributed by atoms with van der Waals surface area (Å²) in [6.45, 7) is 7.18. The fourth-order valence-corrected chi connectivity index (χ4v) is 5.13. The van der Waals surface area contributed by atoms with Gasteiger partial charge in [0.1, 0.15) is 0 Å². The Bertz CT molecular complexity index is 1450. The van der Waals surface area contributed by atoms with Crippen LogP contribution >= 0.6 is 0 Å². The fourth-order valence-electron chi connectivity index (χ4n) is 5.13. The number of piperazine rings is 1. The van der Waals surface area contributed by atoms with Crippen molar-refractivity contribution in [2.75, 3.05) is 56.6 Å². The number of para-hydroxylation sites is 1. The van der Waals surface area contributed by atoms with E-state index in [1.807, 2.05) is 48.7 Å². The zero-order chi connectivity index (χ0) is 27.9. The summed E-state index contributed by atoms with van der Waals surface area (Å²) >= 11 is 0. The van der Waals surface area contributed by atoms with E-state index in [1.165, 1.54) is 11.3 Å². The van der Waals surface area contributed by atoms with E-state index in [0.29, 0.717) is 18.1 Å². The number of amides is 1. The normalized spacial score (nSPS) is 13.9. The Hall–Kier alpha value is -4.01. The largest absolute Gasteiger partial charge is 0.396 e. The Balaban J connectivity index is 1.30. The number of benzene rings is 3. The Morgan fingerprint density at radius 2 is 1.77 bits per heavy atom. The highest BCUT2D eigenvalue weighted by Crippen LogP contribution is 2.30. The molecule has 208 valence electrons. The van der Waals surface area contributed by atoms with Gasteiger partial charge in [-0.25, -0.2) is 9.97 Å². The van der Waals surface area contributed by atoms with Gasteiger partial charge in [0.2, 0.25) is 5.95 Å². The summed E-state index contributed by atoms with van der Waals surface area (Å²) in [5, 5.41) is 16.2. The van der Waals surface area contributed by atoms with E-state index in [-0.39, 0.29) is 12.5 Å². The molecule has 1 aliphatic heterocycles. The summed E-state index contributed by atoms with van der Waals surface area (Å²) in [4.78, 5) is 26.8. The third kappa shape index (κ3) is 6.58. The van der Waals surface area contributed by atoms with Gasteiger partial charge in [0.05, 0.1) is 5.52 Å². The van der Waals surface area contributed by atoms with Crippen LogP contribution in [0.4, 0.5) is 17.3 Å². The van der Waals surface area contributed by atoms with Crippen LogP contribution in [0.1, 0.15) is 35.2 Å². The molecular weight excluding hydrogens is 500 g/mol. The molecule has 1 amide bonds. The van der Waals surface area contributed by atoms with Gasteiger partial charge in [-0.3, -0.25) is 4.79 Å². The molecule has 5 rings (SSSR count). The van der Waals surface area contributed by atoms with Gasteiger partial charge in [0.15, 0.2) is 0 Å². The number of nitrogens with zero attached hydrogens (tertiary/aromatic N) is 4. The Morgan fingerprint density at radius 3 is 2.52 bits per heavy atom. The zero-order valence-corrected chi connectivity index (χ0v) is 23.4. The molecule has 1 aliphatic rings. The molecule has 0 radical (unpaired) electrons. The molecule has 0 bridgehead atoms. The molecule has 3 N–H and O–H groups in total. The van der Waals surface area contributed by atoms with E-state index in [0.717, 1.165) is 73.2 Å². The number of aliphatic hydroxyl groups is 1. The summed E-state index contributed by atoms with van der Waals surface area (Å²) < 4.78 is 0. The summed E-state index contributed by atoms with van der Waals surface area (Å²) in [6, 6.07) is 20.1. The molecule has 3 aromatic carbocycles. The Morgan fingerprint density at radius 1 is 0.975 bits per heavy atom. The van der Waals surface area contributed by atoms with Crippen LogP contribution in [-0.2, 0) is 0 Å².